The molecule has 0 radical (unpaired) electrons. The molecule has 0 spiro atoms. The summed E-state index contributed by atoms with van der Waals surface area (Å²) in [5, 5.41) is 10.9. The highest BCUT2D eigenvalue weighted by molar-refractivity contribution is 5.58. The van der Waals surface area contributed by atoms with Crippen LogP contribution in [0, 0.1) is 12.7 Å². The van der Waals surface area contributed by atoms with Crippen molar-refractivity contribution in [3.8, 4) is 11.5 Å². The van der Waals surface area contributed by atoms with Crippen LogP contribution in [-0.4, -0.2) is 10.2 Å². The zero-order valence-electron chi connectivity index (χ0n) is 11.5. The van der Waals surface area contributed by atoms with E-state index in [0.29, 0.717) is 18.0 Å². The van der Waals surface area contributed by atoms with Crippen LogP contribution in [0.5, 0.6) is 0 Å². The van der Waals surface area contributed by atoms with Gasteiger partial charge in [-0.25, -0.2) is 4.39 Å². The summed E-state index contributed by atoms with van der Waals surface area (Å²) in [6.07, 6.45) is 0. The molecule has 3 rings (SSSR count). The highest BCUT2D eigenvalue weighted by Gasteiger charge is 2.10. The monoisotopic (exact) mass is 283 g/mol. The first kappa shape index (κ1) is 13.3. The molecule has 106 valence electrons. The van der Waals surface area contributed by atoms with Crippen LogP contribution in [0.2, 0.25) is 0 Å². The molecule has 0 aliphatic heterocycles. The average Bonchev–Trinajstić information content (AvgIpc) is 2.96. The molecule has 2 aromatic carbocycles. The van der Waals surface area contributed by atoms with E-state index in [1.165, 1.54) is 6.07 Å². The normalized spacial score (nSPS) is 10.6. The summed E-state index contributed by atoms with van der Waals surface area (Å²) in [5.74, 6) is 0.188. The van der Waals surface area contributed by atoms with Crippen molar-refractivity contribution in [1.29, 1.82) is 0 Å². The Bertz CT molecular complexity index is 755. The summed E-state index contributed by atoms with van der Waals surface area (Å²) in [4.78, 5) is 0. The second kappa shape index (κ2) is 5.75. The number of halogens is 1. The molecule has 0 unspecified atom stereocenters. The number of hydrogen-bond donors (Lipinski definition) is 1. The van der Waals surface area contributed by atoms with Crippen LogP contribution in [0.25, 0.3) is 11.5 Å². The van der Waals surface area contributed by atoms with E-state index < -0.39 is 0 Å². The Morgan fingerprint density at radius 3 is 2.62 bits per heavy atom. The molecule has 0 amide bonds. The SMILES string of the molecule is Cc1ccccc1-c1nnc(NCc2ccccc2F)o1. The van der Waals surface area contributed by atoms with Gasteiger partial charge < -0.3 is 9.73 Å². The molecule has 0 atom stereocenters. The van der Waals surface area contributed by atoms with E-state index in [0.717, 1.165) is 11.1 Å². The number of anilines is 1. The quantitative estimate of drug-likeness (QED) is 0.791. The smallest absolute Gasteiger partial charge is 0.316 e. The van der Waals surface area contributed by atoms with Crippen molar-refractivity contribution >= 4 is 6.01 Å². The van der Waals surface area contributed by atoms with Crippen LogP contribution in [0.3, 0.4) is 0 Å². The topological polar surface area (TPSA) is 51.0 Å². The summed E-state index contributed by atoms with van der Waals surface area (Å²) in [6.45, 7) is 2.27. The Balaban J connectivity index is 1.74. The van der Waals surface area contributed by atoms with Gasteiger partial charge in [0, 0.05) is 17.7 Å². The van der Waals surface area contributed by atoms with Gasteiger partial charge >= 0.3 is 6.01 Å². The fraction of sp³-hybridized carbons (Fsp3) is 0.125. The summed E-state index contributed by atoms with van der Waals surface area (Å²) in [7, 11) is 0. The fourth-order valence-corrected chi connectivity index (χ4v) is 2.03. The van der Waals surface area contributed by atoms with Crippen molar-refractivity contribution in [3.05, 3.63) is 65.5 Å². The van der Waals surface area contributed by atoms with E-state index in [1.54, 1.807) is 18.2 Å². The molecule has 4 nitrogen and oxygen atoms in total. The molecule has 0 aliphatic rings. The third-order valence-electron chi connectivity index (χ3n) is 3.19. The van der Waals surface area contributed by atoms with Crippen LogP contribution in [-0.2, 0) is 6.54 Å². The predicted octanol–water partition coefficient (Wildman–Crippen LogP) is 3.80. The molecule has 1 N–H and O–H groups in total. The minimum atomic E-state index is -0.261. The lowest BCUT2D eigenvalue weighted by molar-refractivity contribution is 0.576. The Labute approximate surface area is 121 Å². The number of hydrogen-bond acceptors (Lipinski definition) is 4. The summed E-state index contributed by atoms with van der Waals surface area (Å²) in [5.41, 5.74) is 2.50. The zero-order valence-corrected chi connectivity index (χ0v) is 11.5. The molecule has 3 aromatic rings. The summed E-state index contributed by atoms with van der Waals surface area (Å²) >= 11 is 0. The third-order valence-corrected chi connectivity index (χ3v) is 3.19. The Morgan fingerprint density at radius 1 is 1.05 bits per heavy atom. The average molecular weight is 283 g/mol. The lowest BCUT2D eigenvalue weighted by Gasteiger charge is -2.02. The largest absolute Gasteiger partial charge is 0.403 e. The fourth-order valence-electron chi connectivity index (χ4n) is 2.03. The maximum absolute atomic E-state index is 13.5. The second-order valence-corrected chi connectivity index (χ2v) is 4.67. The van der Waals surface area contributed by atoms with Gasteiger partial charge in [-0.2, -0.15) is 0 Å². The molecule has 0 fully saturated rings. The van der Waals surface area contributed by atoms with Gasteiger partial charge in [0.05, 0.1) is 0 Å². The van der Waals surface area contributed by atoms with Crippen LogP contribution in [0.1, 0.15) is 11.1 Å². The van der Waals surface area contributed by atoms with Crippen molar-refractivity contribution in [2.24, 2.45) is 0 Å². The van der Waals surface area contributed by atoms with Crippen LogP contribution in [0.15, 0.2) is 52.9 Å². The van der Waals surface area contributed by atoms with Gasteiger partial charge in [0.15, 0.2) is 0 Å². The molecule has 0 aliphatic carbocycles. The Morgan fingerprint density at radius 2 is 1.81 bits per heavy atom. The van der Waals surface area contributed by atoms with E-state index in [4.69, 9.17) is 4.42 Å². The van der Waals surface area contributed by atoms with E-state index in [9.17, 15) is 4.39 Å². The van der Waals surface area contributed by atoms with Crippen molar-refractivity contribution in [2.75, 3.05) is 5.32 Å². The Hall–Kier alpha value is -2.69. The van der Waals surface area contributed by atoms with E-state index in [1.807, 2.05) is 31.2 Å². The van der Waals surface area contributed by atoms with Crippen molar-refractivity contribution in [2.45, 2.75) is 13.5 Å². The van der Waals surface area contributed by atoms with E-state index >= 15 is 0 Å². The number of rotatable bonds is 4. The van der Waals surface area contributed by atoms with Gasteiger partial charge in [0.25, 0.3) is 0 Å². The highest BCUT2D eigenvalue weighted by Crippen LogP contribution is 2.23. The van der Waals surface area contributed by atoms with E-state index in [-0.39, 0.29) is 11.8 Å². The minimum absolute atomic E-state index is 0.261. The van der Waals surface area contributed by atoms with Gasteiger partial charge in [-0.05, 0) is 24.6 Å². The molecule has 0 saturated carbocycles. The second-order valence-electron chi connectivity index (χ2n) is 4.67. The van der Waals surface area contributed by atoms with Crippen molar-refractivity contribution in [1.82, 2.24) is 10.2 Å². The number of nitrogens with one attached hydrogen (secondary N) is 1. The molecule has 1 aromatic heterocycles. The first-order chi connectivity index (χ1) is 10.2. The van der Waals surface area contributed by atoms with Crippen molar-refractivity contribution in [3.63, 3.8) is 0 Å². The van der Waals surface area contributed by atoms with Crippen molar-refractivity contribution < 1.29 is 8.81 Å². The molecule has 5 heteroatoms. The van der Waals surface area contributed by atoms with Gasteiger partial charge in [0.2, 0.25) is 5.89 Å². The van der Waals surface area contributed by atoms with Crippen LogP contribution < -0.4 is 5.32 Å². The maximum atomic E-state index is 13.5. The molecule has 1 heterocycles. The predicted molar refractivity (Wildman–Crippen MR) is 78.2 cm³/mol. The lowest BCUT2D eigenvalue weighted by Crippen LogP contribution is -2.01. The van der Waals surface area contributed by atoms with Gasteiger partial charge in [0.1, 0.15) is 5.82 Å². The Kier molecular flexibility index (Phi) is 3.64. The molecule has 21 heavy (non-hydrogen) atoms. The standard InChI is InChI=1S/C16H14FN3O/c1-11-6-2-4-8-13(11)15-19-20-16(21-15)18-10-12-7-3-5-9-14(12)17/h2-9H,10H2,1H3,(H,18,20). The molecule has 0 bridgehead atoms. The van der Waals surface area contributed by atoms with Gasteiger partial charge in [-0.1, -0.05) is 41.5 Å². The van der Waals surface area contributed by atoms with Gasteiger partial charge in [-0.3, -0.25) is 0 Å². The molecular weight excluding hydrogens is 269 g/mol. The first-order valence-corrected chi connectivity index (χ1v) is 6.61. The first-order valence-electron chi connectivity index (χ1n) is 6.61. The number of nitrogens with zero attached hydrogens (tertiary/aromatic N) is 2. The van der Waals surface area contributed by atoms with Crippen LogP contribution in [0.4, 0.5) is 10.4 Å². The van der Waals surface area contributed by atoms with Crippen LogP contribution >= 0.6 is 0 Å². The number of aryl methyl sites for hydroxylation is 1. The van der Waals surface area contributed by atoms with E-state index in [2.05, 4.69) is 15.5 Å². The summed E-state index contributed by atoms with van der Waals surface area (Å²) in [6, 6.07) is 14.6. The highest BCUT2D eigenvalue weighted by atomic mass is 19.1. The molecule has 0 saturated heterocycles. The lowest BCUT2D eigenvalue weighted by atomic mass is 10.1. The minimum Gasteiger partial charge on any atom is -0.403 e. The van der Waals surface area contributed by atoms with Gasteiger partial charge in [-0.15, -0.1) is 5.10 Å². The zero-order chi connectivity index (χ0) is 14.7. The number of benzene rings is 2. The third kappa shape index (κ3) is 2.91. The molecular formula is C16H14FN3O. The maximum Gasteiger partial charge on any atom is 0.316 e. The summed E-state index contributed by atoms with van der Waals surface area (Å²) < 4.78 is 19.1. The number of aromatic nitrogens is 2.